The molecule has 0 aliphatic carbocycles. The number of epoxide rings is 1. The molecule has 0 radical (unpaired) electrons. The van der Waals surface area contributed by atoms with Gasteiger partial charge in [-0.15, -0.1) is 0 Å². The van der Waals surface area contributed by atoms with Gasteiger partial charge in [0.05, 0.1) is 35.4 Å². The molecule has 7 atom stereocenters. The van der Waals surface area contributed by atoms with E-state index in [1.54, 1.807) is 0 Å². The molecule has 8 heteroatoms. The average molecular weight is 451 g/mol. The molecule has 3 rings (SSSR count). The van der Waals surface area contributed by atoms with Gasteiger partial charge in [0, 0.05) is 6.42 Å². The topological polar surface area (TPSA) is 137 Å². The lowest BCUT2D eigenvalue weighted by molar-refractivity contribution is -0.240. The van der Waals surface area contributed by atoms with Crippen molar-refractivity contribution in [2.45, 2.75) is 90.0 Å². The predicted molar refractivity (Wildman–Crippen MR) is 116 cm³/mol. The van der Waals surface area contributed by atoms with Crippen LogP contribution in [-0.2, 0) is 9.47 Å². The smallest absolute Gasteiger partial charge is 0.189 e. The third kappa shape index (κ3) is 3.83. The van der Waals surface area contributed by atoms with Gasteiger partial charge in [0.15, 0.2) is 24.0 Å². The number of hydrogen-bond acceptors (Lipinski definition) is 8. The van der Waals surface area contributed by atoms with Crippen molar-refractivity contribution >= 4 is 12.1 Å². The van der Waals surface area contributed by atoms with Crippen LogP contribution in [0.15, 0.2) is 6.07 Å². The Morgan fingerprint density at radius 1 is 1.22 bits per heavy atom. The first-order valence-corrected chi connectivity index (χ1v) is 11.3. The Balaban J connectivity index is 1.98. The van der Waals surface area contributed by atoms with Crippen molar-refractivity contribution in [2.24, 2.45) is 11.8 Å². The minimum Gasteiger partial charge on any atom is -0.507 e. The van der Waals surface area contributed by atoms with E-state index in [4.69, 9.17) is 9.47 Å². The predicted octanol–water partition coefficient (Wildman–Crippen LogP) is 2.89. The second-order valence-electron chi connectivity index (χ2n) is 9.33. The number of hydrogen-bond donors (Lipinski definition) is 4. The summed E-state index contributed by atoms with van der Waals surface area (Å²) >= 11 is 0. The highest BCUT2D eigenvalue weighted by atomic mass is 16.7. The van der Waals surface area contributed by atoms with E-state index < -0.39 is 41.5 Å². The number of rotatable bonds is 8. The molecular formula is C24H34O8. The molecule has 8 nitrogen and oxygen atoms in total. The molecule has 32 heavy (non-hydrogen) atoms. The van der Waals surface area contributed by atoms with Crippen molar-refractivity contribution in [1.29, 1.82) is 0 Å². The first kappa shape index (κ1) is 24.6. The maximum Gasteiger partial charge on any atom is 0.189 e. The highest BCUT2D eigenvalue weighted by Gasteiger charge is 2.68. The number of carbonyl (C=O) groups excluding carboxylic acids is 2. The van der Waals surface area contributed by atoms with E-state index in [0.717, 1.165) is 0 Å². The van der Waals surface area contributed by atoms with Gasteiger partial charge >= 0.3 is 0 Å². The minimum absolute atomic E-state index is 0.0825. The fourth-order valence-corrected chi connectivity index (χ4v) is 4.93. The molecule has 1 aromatic rings. The summed E-state index contributed by atoms with van der Waals surface area (Å²) < 4.78 is 11.4. The monoisotopic (exact) mass is 450 g/mol. The molecule has 4 N–H and O–H groups in total. The number of phenolic OH excluding ortho intramolecular Hbond substituents is 2. The number of Topliss-reactive ketones (excluding diaryl/α,β-unsaturated/α-hetero) is 1. The van der Waals surface area contributed by atoms with Crippen LogP contribution in [0, 0.1) is 11.8 Å². The van der Waals surface area contributed by atoms with E-state index in [9.17, 15) is 30.0 Å². The highest BCUT2D eigenvalue weighted by molar-refractivity contribution is 6.04. The summed E-state index contributed by atoms with van der Waals surface area (Å²) in [5, 5.41) is 42.4. The fraction of sp³-hybridized carbons (Fsp3) is 0.667. The molecule has 2 aliphatic rings. The van der Waals surface area contributed by atoms with Crippen LogP contribution in [0.25, 0.3) is 0 Å². The Morgan fingerprint density at radius 3 is 2.34 bits per heavy atom. The molecule has 0 saturated carbocycles. The molecule has 0 bridgehead atoms. The van der Waals surface area contributed by atoms with E-state index in [1.165, 1.54) is 6.07 Å². The van der Waals surface area contributed by atoms with Crippen LogP contribution in [0.3, 0.4) is 0 Å². The Kier molecular flexibility index (Phi) is 7.00. The molecule has 178 valence electrons. The van der Waals surface area contributed by atoms with Crippen LogP contribution < -0.4 is 0 Å². The number of aldehydes is 1. The van der Waals surface area contributed by atoms with Gasteiger partial charge in [-0.2, -0.15) is 0 Å². The number of aromatic hydroxyl groups is 2. The SMILES string of the molecule is CCC(C)c1cc(C(=O)C(C(C)C)[C@H]2C[C@@H](O)[C@@]3(O[C@H]3CC)[C@H](O)O2)c(O)c(C=O)c1O. The summed E-state index contributed by atoms with van der Waals surface area (Å²) in [6.45, 7) is 9.27. The molecular weight excluding hydrogens is 416 g/mol. The number of benzene rings is 1. The van der Waals surface area contributed by atoms with Gasteiger partial charge in [0.25, 0.3) is 0 Å². The first-order chi connectivity index (χ1) is 15.0. The molecule has 1 spiro atoms. The van der Waals surface area contributed by atoms with Gasteiger partial charge in [-0.05, 0) is 36.3 Å². The Bertz CT molecular complexity index is 867. The van der Waals surface area contributed by atoms with Gasteiger partial charge in [0.2, 0.25) is 0 Å². The third-order valence-electron chi connectivity index (χ3n) is 7.12. The molecule has 1 aromatic carbocycles. The third-order valence-corrected chi connectivity index (χ3v) is 7.12. The maximum atomic E-state index is 13.6. The van der Waals surface area contributed by atoms with E-state index in [-0.39, 0.29) is 41.2 Å². The zero-order chi connectivity index (χ0) is 24.0. The number of ether oxygens (including phenoxy) is 2. The largest absolute Gasteiger partial charge is 0.507 e. The Labute approximate surface area is 188 Å². The summed E-state index contributed by atoms with van der Waals surface area (Å²) in [7, 11) is 0. The second-order valence-corrected chi connectivity index (χ2v) is 9.33. The summed E-state index contributed by atoms with van der Waals surface area (Å²) in [5.74, 6) is -2.61. The summed E-state index contributed by atoms with van der Waals surface area (Å²) in [6.07, 6.45) is -1.84. The van der Waals surface area contributed by atoms with Crippen molar-refractivity contribution in [1.82, 2.24) is 0 Å². The Hall–Kier alpha value is -2.00. The van der Waals surface area contributed by atoms with Crippen LogP contribution in [0.5, 0.6) is 11.5 Å². The van der Waals surface area contributed by atoms with Crippen LogP contribution in [-0.4, -0.2) is 62.7 Å². The van der Waals surface area contributed by atoms with Gasteiger partial charge in [0.1, 0.15) is 11.5 Å². The number of aliphatic hydroxyl groups is 2. The number of aliphatic hydroxyl groups excluding tert-OH is 2. The van der Waals surface area contributed by atoms with Gasteiger partial charge in [-0.3, -0.25) is 9.59 Å². The van der Waals surface area contributed by atoms with E-state index in [1.807, 2.05) is 34.6 Å². The molecule has 2 aliphatic heterocycles. The Morgan fingerprint density at radius 2 is 1.88 bits per heavy atom. The standard InChI is InChI=1S/C24H34O8/c1-6-12(5)13-8-14(21(28)15(10-25)20(13)27)22(29)19(11(3)4)16-9-17(26)24(23(30)31-16)18(7-2)32-24/h8,10-12,16-19,23,26-28,30H,6-7,9H2,1-5H3/t12?,16-,17-,18+,19?,23-,24+/m1/s1. The summed E-state index contributed by atoms with van der Waals surface area (Å²) in [5.41, 5.74) is -1.17. The zero-order valence-electron chi connectivity index (χ0n) is 19.2. The highest BCUT2D eigenvalue weighted by Crippen LogP contribution is 2.51. The van der Waals surface area contributed by atoms with Crippen LogP contribution >= 0.6 is 0 Å². The number of ketones is 1. The van der Waals surface area contributed by atoms with Crippen molar-refractivity contribution in [3.63, 3.8) is 0 Å². The maximum absolute atomic E-state index is 13.6. The van der Waals surface area contributed by atoms with Gasteiger partial charge < -0.3 is 29.9 Å². The van der Waals surface area contributed by atoms with Crippen molar-refractivity contribution in [3.05, 3.63) is 22.8 Å². The fourth-order valence-electron chi connectivity index (χ4n) is 4.93. The van der Waals surface area contributed by atoms with Crippen molar-refractivity contribution < 1.29 is 39.5 Å². The number of phenols is 2. The van der Waals surface area contributed by atoms with E-state index in [2.05, 4.69) is 0 Å². The molecule has 2 unspecified atom stereocenters. The molecule has 2 fully saturated rings. The van der Waals surface area contributed by atoms with Crippen LogP contribution in [0.1, 0.15) is 86.1 Å². The zero-order valence-corrected chi connectivity index (χ0v) is 19.2. The van der Waals surface area contributed by atoms with Crippen molar-refractivity contribution in [2.75, 3.05) is 0 Å². The average Bonchev–Trinajstić information content (AvgIpc) is 3.48. The van der Waals surface area contributed by atoms with E-state index in [0.29, 0.717) is 24.7 Å². The van der Waals surface area contributed by atoms with Gasteiger partial charge in [-0.1, -0.05) is 34.6 Å². The molecule has 0 aromatic heterocycles. The lowest BCUT2D eigenvalue weighted by Crippen LogP contribution is -2.55. The van der Waals surface area contributed by atoms with Crippen LogP contribution in [0.4, 0.5) is 0 Å². The lowest BCUT2D eigenvalue weighted by Gasteiger charge is -2.40. The van der Waals surface area contributed by atoms with Crippen molar-refractivity contribution in [3.8, 4) is 11.5 Å². The van der Waals surface area contributed by atoms with Crippen LogP contribution in [0.2, 0.25) is 0 Å². The minimum atomic E-state index is -1.38. The number of carbonyl (C=O) groups is 2. The second kappa shape index (κ2) is 9.09. The normalized spacial score (nSPS) is 31.5. The summed E-state index contributed by atoms with van der Waals surface area (Å²) in [6, 6.07) is 1.43. The van der Waals surface area contributed by atoms with E-state index >= 15 is 0 Å². The lowest BCUT2D eigenvalue weighted by atomic mass is 9.77. The quantitative estimate of drug-likeness (QED) is 0.270. The molecule has 2 saturated heterocycles. The first-order valence-electron chi connectivity index (χ1n) is 11.3. The molecule has 2 heterocycles. The van der Waals surface area contributed by atoms with Gasteiger partial charge in [-0.25, -0.2) is 0 Å². The summed E-state index contributed by atoms with van der Waals surface area (Å²) in [4.78, 5) is 25.2. The molecule has 0 amide bonds.